The van der Waals surface area contributed by atoms with Crippen LogP contribution in [0.15, 0.2) is 0 Å². The number of aliphatic hydroxyl groups excluding tert-OH is 1. The smallest absolute Gasteiger partial charge is 0.248 e. The normalized spacial score (nSPS) is 34.4. The number of hydrogen-bond acceptors (Lipinski definition) is 16. The summed E-state index contributed by atoms with van der Waals surface area (Å²) in [5.41, 5.74) is -0.951. The monoisotopic (exact) mass is 1120 g/mol. The third-order valence-electron chi connectivity index (χ3n) is 17.9. The molecule has 9 unspecified atom stereocenters. The van der Waals surface area contributed by atoms with Gasteiger partial charge >= 0.3 is 0 Å². The Morgan fingerprint density at radius 3 is 2.22 bits per heavy atom. The maximum absolute atomic E-state index is 14.2. The second-order valence-corrected chi connectivity index (χ2v) is 28.6. The Morgan fingerprint density at radius 2 is 1.53 bits per heavy atom. The van der Waals surface area contributed by atoms with Crippen molar-refractivity contribution in [2.75, 3.05) is 96.5 Å². The second-order valence-electron chi connectivity index (χ2n) is 24.3. The molecule has 0 aromatic rings. The number of rotatable bonds is 18. The minimum Gasteiger partial charge on any atom is -0.391 e. The number of amides is 6. The lowest BCUT2D eigenvalue weighted by Gasteiger charge is -2.45. The van der Waals surface area contributed by atoms with Gasteiger partial charge in [-0.3, -0.25) is 39.0 Å². The molecular weight excluding hydrogens is 1030 g/mol. The minimum absolute atomic E-state index is 0.00350. The highest BCUT2D eigenvalue weighted by Gasteiger charge is 2.46. The fraction of sp³-hybridized carbons (Fsp3) is 0.885. The summed E-state index contributed by atoms with van der Waals surface area (Å²) in [6, 6.07) is -1.01. The summed E-state index contributed by atoms with van der Waals surface area (Å²) in [4.78, 5) is 85.5. The van der Waals surface area contributed by atoms with Gasteiger partial charge < -0.3 is 51.5 Å². The van der Waals surface area contributed by atoms with Crippen molar-refractivity contribution < 1.29 is 47.0 Å². The fourth-order valence-corrected chi connectivity index (χ4v) is 17.0. The van der Waals surface area contributed by atoms with Gasteiger partial charge in [-0.2, -0.15) is 0 Å². The number of carbonyl (C=O) groups is 6. The second kappa shape index (κ2) is 26.6. The van der Waals surface area contributed by atoms with Crippen LogP contribution < -0.4 is 37.2 Å². The zero-order valence-corrected chi connectivity index (χ0v) is 48.1. The van der Waals surface area contributed by atoms with E-state index in [9.17, 15) is 42.3 Å². The number of aliphatic hydroxyl groups is 1. The highest BCUT2D eigenvalue weighted by molar-refractivity contribution is 8.00. The molecular formula is C52H89N11O10S3. The number of piperazine rings is 1. The van der Waals surface area contributed by atoms with Gasteiger partial charge in [0.1, 0.15) is 30.8 Å². The molecule has 6 saturated heterocycles. The Kier molecular flexibility index (Phi) is 20.8. The minimum atomic E-state index is -3.35. The first-order valence-corrected chi connectivity index (χ1v) is 32.3. The number of hydrogen-bond donors (Lipinski definition) is 8. The van der Waals surface area contributed by atoms with Crippen molar-refractivity contribution in [1.29, 1.82) is 0 Å². The summed E-state index contributed by atoms with van der Waals surface area (Å²) >= 11 is 3.70. The molecule has 6 aliphatic heterocycles. The number of likely N-dealkylation sites (tertiary alicyclic amines) is 1. The molecule has 21 nitrogen and oxygen atoms in total. The molecule has 8 fully saturated rings. The van der Waals surface area contributed by atoms with Crippen LogP contribution in [0.25, 0.3) is 0 Å². The number of β-amino-alcohol motifs (C(OH)–C–C–N with tert-alkyl or cyclic N) is 1. The van der Waals surface area contributed by atoms with Gasteiger partial charge in [0.15, 0.2) is 0 Å². The summed E-state index contributed by atoms with van der Waals surface area (Å²) in [5, 5.41) is 33.9. The van der Waals surface area contributed by atoms with Crippen molar-refractivity contribution in [1.82, 2.24) is 56.2 Å². The summed E-state index contributed by atoms with van der Waals surface area (Å²) in [7, 11) is -3.35. The van der Waals surface area contributed by atoms with E-state index in [1.807, 2.05) is 32.5 Å². The van der Waals surface area contributed by atoms with Gasteiger partial charge in [0, 0.05) is 87.7 Å². The van der Waals surface area contributed by atoms with Crippen LogP contribution in [0.2, 0.25) is 0 Å². The summed E-state index contributed by atoms with van der Waals surface area (Å²) in [6.45, 7) is 11.5. The maximum atomic E-state index is 14.2. The average molecular weight is 1120 g/mol. The van der Waals surface area contributed by atoms with Gasteiger partial charge in [-0.25, -0.2) is 12.7 Å². The molecule has 8 N–H and O–H groups in total. The first kappa shape index (κ1) is 59.3. The van der Waals surface area contributed by atoms with Crippen LogP contribution in [0.1, 0.15) is 105 Å². The van der Waals surface area contributed by atoms with Crippen molar-refractivity contribution in [3.8, 4) is 0 Å². The van der Waals surface area contributed by atoms with Gasteiger partial charge in [-0.1, -0.05) is 33.6 Å². The molecule has 0 bridgehead atoms. The number of nitrogens with one attached hydrogen (secondary N) is 7. The Hall–Kier alpha value is -2.81. The Labute approximate surface area is 459 Å². The number of nitrogens with zero attached hydrogens (tertiary/aromatic N) is 4. The first-order chi connectivity index (χ1) is 36.2. The number of sulfonamides is 1. The van der Waals surface area contributed by atoms with Gasteiger partial charge in [0.2, 0.25) is 45.5 Å². The SMILES string of the molecule is CC1NCSC1C1CCC(CNC(=O)[C@@H]2C[C@@H](O)CN2C(=O)[C@@H](NC(=O)COCC(=O)N2CCN(C3CC(C4CCCC(C5CSC(NC(=O)CNC(=O)C6CCN(S(C)(=O)=O)C6)N5)C4)CCN3)CC2)C(C)(C)C)CC1. The van der Waals surface area contributed by atoms with Crippen LogP contribution in [-0.4, -0.2) is 212 Å². The molecule has 0 spiro atoms. The molecule has 0 aromatic carbocycles. The predicted molar refractivity (Wildman–Crippen MR) is 293 cm³/mol. The molecule has 0 radical (unpaired) electrons. The molecule has 8 rings (SSSR count). The molecule has 8 aliphatic rings. The van der Waals surface area contributed by atoms with Gasteiger partial charge in [0.05, 0.1) is 31.0 Å². The number of piperidine rings is 1. The van der Waals surface area contributed by atoms with E-state index < -0.39 is 58.0 Å². The van der Waals surface area contributed by atoms with Crippen LogP contribution >= 0.6 is 23.5 Å². The van der Waals surface area contributed by atoms with E-state index in [1.54, 1.807) is 16.7 Å². The Balaban J connectivity index is 0.711. The molecule has 2 aliphatic carbocycles. The molecule has 76 heavy (non-hydrogen) atoms. The lowest BCUT2D eigenvalue weighted by molar-refractivity contribution is -0.145. The number of ether oxygens (including phenoxy) is 1. The molecule has 2 saturated carbocycles. The third-order valence-corrected chi connectivity index (χ3v) is 21.8. The highest BCUT2D eigenvalue weighted by atomic mass is 32.2. The third kappa shape index (κ3) is 15.8. The predicted octanol–water partition coefficient (Wildman–Crippen LogP) is 0.248. The quantitative estimate of drug-likeness (QED) is 0.0915. The van der Waals surface area contributed by atoms with Crippen molar-refractivity contribution >= 4 is 69.0 Å². The zero-order chi connectivity index (χ0) is 54.3. The van der Waals surface area contributed by atoms with Crippen molar-refractivity contribution in [3.63, 3.8) is 0 Å². The molecule has 430 valence electrons. The van der Waals surface area contributed by atoms with E-state index in [-0.39, 0.29) is 74.0 Å². The van der Waals surface area contributed by atoms with Gasteiger partial charge in [-0.15, -0.1) is 23.5 Å². The summed E-state index contributed by atoms with van der Waals surface area (Å²) in [5.74, 6) is 2.22. The largest absolute Gasteiger partial charge is 0.391 e. The lowest BCUT2D eigenvalue weighted by Crippen LogP contribution is -2.59. The average Bonchev–Trinajstić information content (AvgIpc) is 4.25. The number of thioether (sulfide) groups is 2. The molecule has 24 heteroatoms. The van der Waals surface area contributed by atoms with E-state index in [0.29, 0.717) is 73.5 Å². The van der Waals surface area contributed by atoms with E-state index in [4.69, 9.17) is 4.74 Å². The lowest BCUT2D eigenvalue weighted by atomic mass is 9.70. The van der Waals surface area contributed by atoms with Crippen molar-refractivity contribution in [2.45, 2.75) is 152 Å². The fourth-order valence-electron chi connectivity index (χ4n) is 13.4. The molecule has 6 heterocycles. The van der Waals surface area contributed by atoms with Crippen LogP contribution in [-0.2, 0) is 43.5 Å². The Bertz CT molecular complexity index is 2140. The Morgan fingerprint density at radius 1 is 0.789 bits per heavy atom. The van der Waals surface area contributed by atoms with Crippen molar-refractivity contribution in [2.24, 2.45) is 40.9 Å². The topological polar surface area (TPSA) is 263 Å². The molecule has 0 aromatic heterocycles. The van der Waals surface area contributed by atoms with E-state index in [0.717, 1.165) is 88.9 Å². The van der Waals surface area contributed by atoms with Gasteiger partial charge in [-0.05, 0) is 106 Å². The zero-order valence-electron chi connectivity index (χ0n) is 45.6. The van der Waals surface area contributed by atoms with Crippen LogP contribution in [0, 0.1) is 40.9 Å². The van der Waals surface area contributed by atoms with E-state index in [2.05, 4.69) is 49.0 Å². The first-order valence-electron chi connectivity index (χ1n) is 28.3. The van der Waals surface area contributed by atoms with E-state index in [1.165, 1.54) is 22.0 Å². The van der Waals surface area contributed by atoms with Crippen LogP contribution in [0.4, 0.5) is 0 Å². The van der Waals surface area contributed by atoms with E-state index >= 15 is 0 Å². The summed E-state index contributed by atoms with van der Waals surface area (Å²) in [6.07, 6.45) is 12.4. The molecule has 6 amide bonds. The van der Waals surface area contributed by atoms with Crippen molar-refractivity contribution in [3.05, 3.63) is 0 Å². The summed E-state index contributed by atoms with van der Waals surface area (Å²) < 4.78 is 30.6. The van der Waals surface area contributed by atoms with Crippen LogP contribution in [0.5, 0.6) is 0 Å². The van der Waals surface area contributed by atoms with Gasteiger partial charge in [0.25, 0.3) is 0 Å². The standard InChI is InChI=1S/C52H89N11O10S3/c1-32-46(75-31-56-32)34-11-9-33(10-12-34)24-54-49(69)41-23-39(64)27-63(41)50(70)47(52(2,3)4)58-44(66)28-73-29-45(67)61-19-17-60(18-20-61)42-22-36(13-15-53-42)35-7-6-8-37(21-35)40-30-74-51(57-40)59-43(65)25-55-48(68)38-14-16-62(26-38)76(5,71)72/h32-42,46-47,51,53,56-57,64H,6-31H2,1-5H3,(H,54,69)(H,55,68)(H,58,66)(H,59,65)/t32?,33?,34?,35?,36?,37?,38?,39-,40?,41+,42?,46?,47-,51?/m1/s1. The maximum Gasteiger partial charge on any atom is 0.248 e. The highest BCUT2D eigenvalue weighted by Crippen LogP contribution is 2.42. The van der Waals surface area contributed by atoms with Crippen LogP contribution in [0.3, 0.4) is 0 Å². The molecule has 12 atom stereocenters. The number of carbonyl (C=O) groups excluding carboxylic acids is 6.